The number of nitrogens with one attached hydrogen (secondary N) is 1. The van der Waals surface area contributed by atoms with E-state index in [1.165, 1.54) is 52.6 Å². The quantitative estimate of drug-likeness (QED) is 0.104. The van der Waals surface area contributed by atoms with E-state index in [4.69, 9.17) is 9.47 Å². The number of ether oxygens (including phenoxy) is 2. The van der Waals surface area contributed by atoms with Crippen molar-refractivity contribution in [3.8, 4) is 0 Å². The van der Waals surface area contributed by atoms with Gasteiger partial charge in [0.2, 0.25) is 0 Å². The van der Waals surface area contributed by atoms with E-state index < -0.39 is 11.6 Å². The van der Waals surface area contributed by atoms with Crippen molar-refractivity contribution in [1.82, 2.24) is 15.3 Å². The number of benzene rings is 2. The SMILES string of the molecule is C1CCOC1.Cc1nc(CCc2ccc(CCS)cc2)cs1.Cc1nc(CCc2ccc(CCSC(=O)NCC(=O)OC(C)(C)C)cc2)cs1. The van der Waals surface area contributed by atoms with Crippen molar-refractivity contribution in [3.05, 3.63) is 103 Å². The third-order valence-electron chi connectivity index (χ3n) is 7.37. The summed E-state index contributed by atoms with van der Waals surface area (Å²) >= 11 is 8.84. The van der Waals surface area contributed by atoms with Crippen LogP contribution in [0.1, 0.15) is 77.3 Å². The summed E-state index contributed by atoms with van der Waals surface area (Å²) in [6, 6.07) is 17.4. The maximum Gasteiger partial charge on any atom is 0.325 e. The topological polar surface area (TPSA) is 90.4 Å². The van der Waals surface area contributed by atoms with Crippen LogP contribution >= 0.6 is 47.1 Å². The molecule has 0 bridgehead atoms. The van der Waals surface area contributed by atoms with Crippen molar-refractivity contribution >= 4 is 58.3 Å². The number of thioether (sulfide) groups is 1. The number of hydrogen-bond donors (Lipinski definition) is 2. The molecule has 2 aromatic carbocycles. The first-order valence-electron chi connectivity index (χ1n) is 17.3. The molecule has 0 aliphatic carbocycles. The highest BCUT2D eigenvalue weighted by molar-refractivity contribution is 8.13. The van der Waals surface area contributed by atoms with Gasteiger partial charge in [0.15, 0.2) is 0 Å². The van der Waals surface area contributed by atoms with Crippen LogP contribution in [0.3, 0.4) is 0 Å². The number of aromatic nitrogens is 2. The van der Waals surface area contributed by atoms with E-state index in [0.29, 0.717) is 5.75 Å². The molecule has 11 heteroatoms. The zero-order chi connectivity index (χ0) is 36.2. The number of hydrogen-bond acceptors (Lipinski definition) is 10. The molecule has 1 amide bonds. The van der Waals surface area contributed by atoms with Crippen LogP contribution < -0.4 is 5.32 Å². The van der Waals surface area contributed by atoms with Gasteiger partial charge in [-0.1, -0.05) is 60.3 Å². The van der Waals surface area contributed by atoms with Gasteiger partial charge in [-0.2, -0.15) is 12.6 Å². The van der Waals surface area contributed by atoms with E-state index >= 15 is 0 Å². The van der Waals surface area contributed by atoms with Gasteiger partial charge < -0.3 is 14.8 Å². The van der Waals surface area contributed by atoms with Gasteiger partial charge in [-0.05, 0) is 114 Å². The van der Waals surface area contributed by atoms with Crippen molar-refractivity contribution in [2.45, 2.75) is 91.6 Å². The van der Waals surface area contributed by atoms with Gasteiger partial charge in [-0.15, -0.1) is 22.7 Å². The van der Waals surface area contributed by atoms with Gasteiger partial charge in [0.25, 0.3) is 5.24 Å². The predicted molar refractivity (Wildman–Crippen MR) is 214 cm³/mol. The molecular formula is C39H53N3O4S4. The molecule has 4 aromatic rings. The van der Waals surface area contributed by atoms with Crippen LogP contribution in [-0.2, 0) is 52.8 Å². The molecule has 0 spiro atoms. The molecule has 1 N–H and O–H groups in total. The highest BCUT2D eigenvalue weighted by Crippen LogP contribution is 2.15. The molecule has 7 nitrogen and oxygen atoms in total. The molecule has 3 heterocycles. The Morgan fingerprint density at radius 3 is 1.62 bits per heavy atom. The maximum absolute atomic E-state index is 11.8. The van der Waals surface area contributed by atoms with Gasteiger partial charge in [0, 0.05) is 29.7 Å². The number of amides is 1. The lowest BCUT2D eigenvalue weighted by Gasteiger charge is -2.19. The van der Waals surface area contributed by atoms with E-state index in [9.17, 15) is 9.59 Å². The normalized spacial score (nSPS) is 12.4. The van der Waals surface area contributed by atoms with Crippen LogP contribution in [0.25, 0.3) is 0 Å². The van der Waals surface area contributed by atoms with Crippen molar-refractivity contribution in [1.29, 1.82) is 0 Å². The van der Waals surface area contributed by atoms with E-state index in [1.54, 1.807) is 43.4 Å². The number of aryl methyl sites for hydroxylation is 8. The second-order valence-electron chi connectivity index (χ2n) is 13.0. The number of thiazole rings is 2. The smallest absolute Gasteiger partial charge is 0.325 e. The molecular weight excluding hydrogens is 703 g/mol. The highest BCUT2D eigenvalue weighted by atomic mass is 32.2. The number of nitrogens with zero attached hydrogens (tertiary/aromatic N) is 2. The summed E-state index contributed by atoms with van der Waals surface area (Å²) in [6.07, 6.45) is 8.45. The van der Waals surface area contributed by atoms with Crippen LogP contribution in [0, 0.1) is 13.8 Å². The Morgan fingerprint density at radius 1 is 0.780 bits per heavy atom. The summed E-state index contributed by atoms with van der Waals surface area (Å²) in [6.45, 7) is 11.4. The molecule has 272 valence electrons. The average Bonchev–Trinajstić information content (AvgIpc) is 3.88. The summed E-state index contributed by atoms with van der Waals surface area (Å²) in [5.41, 5.74) is 7.07. The molecule has 2 aromatic heterocycles. The van der Waals surface area contributed by atoms with Gasteiger partial charge in [-0.25, -0.2) is 9.97 Å². The van der Waals surface area contributed by atoms with Crippen LogP contribution in [-0.4, -0.2) is 58.0 Å². The minimum Gasteiger partial charge on any atom is -0.459 e. The minimum atomic E-state index is -0.541. The molecule has 1 aliphatic rings. The Bertz CT molecular complexity index is 1530. The Kier molecular flexibility index (Phi) is 19.2. The number of thiol groups is 1. The van der Waals surface area contributed by atoms with Crippen LogP contribution in [0.4, 0.5) is 4.79 Å². The molecule has 0 unspecified atom stereocenters. The summed E-state index contributed by atoms with van der Waals surface area (Å²) < 4.78 is 10.1. The Balaban J connectivity index is 0.000000257. The largest absolute Gasteiger partial charge is 0.459 e. The van der Waals surface area contributed by atoms with Crippen LogP contribution in [0.5, 0.6) is 0 Å². The zero-order valence-electron chi connectivity index (χ0n) is 30.2. The average molecular weight is 756 g/mol. The van der Waals surface area contributed by atoms with Crippen molar-refractivity contribution in [2.24, 2.45) is 0 Å². The minimum absolute atomic E-state index is 0.101. The standard InChI is InChI=1S/C21H28N2O3S2.C14H17NS2.C4H8O/c1-15-23-18(14-28-15)10-9-16-5-7-17(8-6-16)11-12-27-20(25)22-13-19(24)26-21(2,3)4;1-11-15-14(10-17-11)7-6-12-2-4-13(5-3-12)8-9-16;1-2-4-5-3-1/h5-8,14H,9-13H2,1-4H3,(H,22,25);2-5,10,16H,6-9H2,1H3;1-4H2. The number of carbonyl (C=O) groups excluding carboxylic acids is 2. The fourth-order valence-corrected chi connectivity index (χ4v) is 7.06. The van der Waals surface area contributed by atoms with Crippen molar-refractivity contribution < 1.29 is 19.1 Å². The molecule has 1 aliphatic heterocycles. The van der Waals surface area contributed by atoms with Crippen molar-refractivity contribution in [3.63, 3.8) is 0 Å². The molecule has 1 fully saturated rings. The second-order valence-corrected chi connectivity index (χ2v) is 16.6. The predicted octanol–water partition coefficient (Wildman–Crippen LogP) is 9.07. The van der Waals surface area contributed by atoms with E-state index in [2.05, 4.69) is 94.1 Å². The zero-order valence-corrected chi connectivity index (χ0v) is 33.5. The van der Waals surface area contributed by atoms with Gasteiger partial charge in [-0.3, -0.25) is 9.59 Å². The number of esters is 1. The first kappa shape index (κ1) is 41.7. The summed E-state index contributed by atoms with van der Waals surface area (Å²) in [4.78, 5) is 32.4. The van der Waals surface area contributed by atoms with Crippen LogP contribution in [0.15, 0.2) is 59.3 Å². The maximum atomic E-state index is 11.8. The monoisotopic (exact) mass is 755 g/mol. The fourth-order valence-electron chi connectivity index (χ4n) is 4.81. The van der Waals surface area contributed by atoms with Crippen LogP contribution in [0.2, 0.25) is 0 Å². The van der Waals surface area contributed by atoms with Gasteiger partial charge in [0.05, 0.1) is 21.4 Å². The molecule has 50 heavy (non-hydrogen) atoms. The van der Waals surface area contributed by atoms with Crippen molar-refractivity contribution in [2.75, 3.05) is 31.3 Å². The molecule has 5 rings (SSSR count). The Hall–Kier alpha value is -2.70. The Labute approximate surface area is 316 Å². The van der Waals surface area contributed by atoms with E-state index in [0.717, 1.165) is 73.2 Å². The first-order chi connectivity index (χ1) is 24.0. The summed E-state index contributed by atoms with van der Waals surface area (Å²) in [5, 5.41) is 8.91. The highest BCUT2D eigenvalue weighted by Gasteiger charge is 2.16. The molecule has 1 saturated heterocycles. The van der Waals surface area contributed by atoms with E-state index in [-0.39, 0.29) is 11.8 Å². The molecule has 0 atom stereocenters. The van der Waals surface area contributed by atoms with Gasteiger partial charge in [0.1, 0.15) is 12.1 Å². The molecule has 0 radical (unpaired) electrons. The number of rotatable bonds is 13. The lowest BCUT2D eigenvalue weighted by Crippen LogP contribution is -2.33. The lowest BCUT2D eigenvalue weighted by molar-refractivity contribution is -0.153. The fraction of sp³-hybridized carbons (Fsp3) is 0.487. The lowest BCUT2D eigenvalue weighted by atomic mass is 10.1. The third-order valence-corrected chi connectivity index (χ3v) is 10.1. The Morgan fingerprint density at radius 2 is 1.24 bits per heavy atom. The summed E-state index contributed by atoms with van der Waals surface area (Å²) in [7, 11) is 0. The summed E-state index contributed by atoms with van der Waals surface area (Å²) in [5.74, 6) is 1.15. The first-order valence-corrected chi connectivity index (χ1v) is 20.7. The second kappa shape index (κ2) is 23.0. The van der Waals surface area contributed by atoms with E-state index in [1.807, 2.05) is 6.92 Å². The third kappa shape index (κ3) is 18.5. The van der Waals surface area contributed by atoms with Gasteiger partial charge >= 0.3 is 5.97 Å². The molecule has 0 saturated carbocycles. The number of carbonyl (C=O) groups is 2.